The van der Waals surface area contributed by atoms with Crippen molar-refractivity contribution < 1.29 is 66.6 Å². The lowest BCUT2D eigenvalue weighted by molar-refractivity contribution is -0.361. The van der Waals surface area contributed by atoms with E-state index >= 15 is 0 Å². The van der Waals surface area contributed by atoms with E-state index in [4.69, 9.17) is 0 Å². The van der Waals surface area contributed by atoms with Crippen LogP contribution in [0.4, 0.5) is 61.5 Å². The molecule has 0 aliphatic heterocycles. The van der Waals surface area contributed by atoms with Crippen molar-refractivity contribution in [3.8, 4) is 0 Å². The molecule has 0 spiro atoms. The molecule has 0 heterocycles. The highest BCUT2D eigenvalue weighted by molar-refractivity contribution is 5.40. The standard InChI is InChI=1S/C15H10F14O/c1-2-9(30)7-4-3-6(10(16,17)12(20,21)14(24,25)26)5-8(7)11(18,19)13(22,23)15(27,28)29/h3-5,9,30H,2H2,1H3. The third-order valence-electron chi connectivity index (χ3n) is 4.00. The Labute approximate surface area is 158 Å². The van der Waals surface area contributed by atoms with Crippen LogP contribution >= 0.6 is 0 Å². The van der Waals surface area contributed by atoms with Gasteiger partial charge in [0, 0.05) is 11.1 Å². The summed E-state index contributed by atoms with van der Waals surface area (Å²) in [6.07, 6.45) is -16.8. The Balaban J connectivity index is 3.87. The van der Waals surface area contributed by atoms with Crippen LogP contribution in [0.15, 0.2) is 18.2 Å². The van der Waals surface area contributed by atoms with Crippen LogP contribution in [0.5, 0.6) is 0 Å². The highest BCUT2D eigenvalue weighted by Crippen LogP contribution is 2.56. The van der Waals surface area contributed by atoms with Crippen molar-refractivity contribution in [3.05, 3.63) is 34.9 Å². The summed E-state index contributed by atoms with van der Waals surface area (Å²) in [6.45, 7) is 0.995. The van der Waals surface area contributed by atoms with Gasteiger partial charge in [0.25, 0.3) is 0 Å². The first-order chi connectivity index (χ1) is 13.1. The maximum Gasteiger partial charge on any atom is 0.460 e. The van der Waals surface area contributed by atoms with E-state index in [2.05, 4.69) is 0 Å². The van der Waals surface area contributed by atoms with Crippen LogP contribution < -0.4 is 0 Å². The molecule has 1 atom stereocenters. The number of aliphatic hydroxyl groups excluding tert-OH is 1. The number of aliphatic hydroxyl groups is 1. The van der Waals surface area contributed by atoms with Gasteiger partial charge >= 0.3 is 36.0 Å². The quantitative estimate of drug-likeness (QED) is 0.457. The number of halogens is 14. The molecule has 0 amide bonds. The van der Waals surface area contributed by atoms with Crippen molar-refractivity contribution in [1.29, 1.82) is 0 Å². The van der Waals surface area contributed by atoms with Gasteiger partial charge in [-0.15, -0.1) is 0 Å². The maximum absolute atomic E-state index is 14.0. The summed E-state index contributed by atoms with van der Waals surface area (Å²) in [5, 5.41) is 9.55. The monoisotopic (exact) mass is 472 g/mol. The Kier molecular flexibility index (Phi) is 6.48. The first kappa shape index (κ1) is 26.2. The zero-order valence-electron chi connectivity index (χ0n) is 14.3. The molecular weight excluding hydrogens is 462 g/mol. The SMILES string of the molecule is CCC(O)c1ccc(C(F)(F)C(F)(F)C(F)(F)F)cc1C(F)(F)C(F)(F)C(F)(F)F. The van der Waals surface area contributed by atoms with Crippen molar-refractivity contribution >= 4 is 0 Å². The molecule has 1 unspecified atom stereocenters. The normalized spacial score (nSPS) is 16.0. The number of hydrogen-bond acceptors (Lipinski definition) is 1. The van der Waals surface area contributed by atoms with Crippen molar-refractivity contribution in [1.82, 2.24) is 0 Å². The molecule has 0 bridgehead atoms. The maximum atomic E-state index is 14.0. The fraction of sp³-hybridized carbons (Fsp3) is 0.600. The lowest BCUT2D eigenvalue weighted by atomic mass is 9.88. The molecule has 0 saturated carbocycles. The fourth-order valence-electron chi connectivity index (χ4n) is 2.24. The molecular formula is C15H10F14O. The van der Waals surface area contributed by atoms with E-state index in [1.54, 1.807) is 0 Å². The van der Waals surface area contributed by atoms with Gasteiger partial charge in [0.15, 0.2) is 0 Å². The van der Waals surface area contributed by atoms with E-state index in [1.165, 1.54) is 0 Å². The van der Waals surface area contributed by atoms with E-state index in [9.17, 15) is 66.6 Å². The average molecular weight is 472 g/mol. The number of hydrogen-bond donors (Lipinski definition) is 1. The lowest BCUT2D eigenvalue weighted by Crippen LogP contribution is -2.51. The predicted molar refractivity (Wildman–Crippen MR) is 71.5 cm³/mol. The van der Waals surface area contributed by atoms with Gasteiger partial charge in [-0.2, -0.15) is 61.5 Å². The smallest absolute Gasteiger partial charge is 0.388 e. The van der Waals surface area contributed by atoms with Crippen LogP contribution in [0.2, 0.25) is 0 Å². The minimum Gasteiger partial charge on any atom is -0.388 e. The summed E-state index contributed by atoms with van der Waals surface area (Å²) < 4.78 is 183. The molecule has 0 aliphatic rings. The van der Waals surface area contributed by atoms with Crippen LogP contribution in [0, 0.1) is 0 Å². The van der Waals surface area contributed by atoms with Crippen molar-refractivity contribution in [2.24, 2.45) is 0 Å². The Morgan fingerprint density at radius 2 is 1.10 bits per heavy atom. The van der Waals surface area contributed by atoms with E-state index in [-0.39, 0.29) is 12.1 Å². The predicted octanol–water partition coefficient (Wildman–Crippen LogP) is 6.71. The second-order valence-electron chi connectivity index (χ2n) is 6.02. The highest BCUT2D eigenvalue weighted by Gasteiger charge is 2.75. The van der Waals surface area contributed by atoms with Crippen LogP contribution in [0.25, 0.3) is 0 Å². The summed E-state index contributed by atoms with van der Waals surface area (Å²) in [7, 11) is 0. The van der Waals surface area contributed by atoms with Crippen molar-refractivity contribution in [2.45, 2.75) is 55.5 Å². The molecule has 15 heteroatoms. The molecule has 0 saturated heterocycles. The first-order valence-corrected chi connectivity index (χ1v) is 7.55. The average Bonchev–Trinajstić information content (AvgIpc) is 2.58. The van der Waals surface area contributed by atoms with Gasteiger partial charge in [-0.05, 0) is 18.1 Å². The van der Waals surface area contributed by atoms with Gasteiger partial charge in [0.05, 0.1) is 6.10 Å². The molecule has 1 aromatic rings. The second kappa shape index (κ2) is 7.41. The Bertz CT molecular complexity index is 762. The number of alkyl halides is 14. The van der Waals surface area contributed by atoms with E-state index in [1.807, 2.05) is 0 Å². The summed E-state index contributed by atoms with van der Waals surface area (Å²) in [5.74, 6) is -26.6. The zero-order valence-corrected chi connectivity index (χ0v) is 14.3. The lowest BCUT2D eigenvalue weighted by Gasteiger charge is -2.32. The molecule has 1 N–H and O–H groups in total. The second-order valence-corrected chi connectivity index (χ2v) is 6.02. The van der Waals surface area contributed by atoms with Crippen LogP contribution in [0.3, 0.4) is 0 Å². The molecule has 0 fully saturated rings. The molecule has 1 nitrogen and oxygen atoms in total. The summed E-state index contributed by atoms with van der Waals surface area (Å²) in [4.78, 5) is 0. The number of rotatable bonds is 6. The molecule has 174 valence electrons. The van der Waals surface area contributed by atoms with Gasteiger partial charge in [-0.3, -0.25) is 0 Å². The van der Waals surface area contributed by atoms with E-state index < -0.39 is 71.3 Å². The van der Waals surface area contributed by atoms with Gasteiger partial charge in [0.2, 0.25) is 0 Å². The largest absolute Gasteiger partial charge is 0.460 e. The van der Waals surface area contributed by atoms with Gasteiger partial charge < -0.3 is 5.11 Å². The van der Waals surface area contributed by atoms with Gasteiger partial charge in [-0.25, -0.2) is 0 Å². The third kappa shape index (κ3) is 3.91. The van der Waals surface area contributed by atoms with Gasteiger partial charge in [0.1, 0.15) is 0 Å². The summed E-state index contributed by atoms with van der Waals surface area (Å²) >= 11 is 0. The van der Waals surface area contributed by atoms with Crippen LogP contribution in [0.1, 0.15) is 36.1 Å². The van der Waals surface area contributed by atoms with E-state index in [0.29, 0.717) is 0 Å². The summed E-state index contributed by atoms with van der Waals surface area (Å²) in [6, 6.07) is -1.51. The van der Waals surface area contributed by atoms with Crippen molar-refractivity contribution in [3.63, 3.8) is 0 Å². The van der Waals surface area contributed by atoms with E-state index in [0.717, 1.165) is 6.92 Å². The third-order valence-corrected chi connectivity index (χ3v) is 4.00. The molecule has 0 aliphatic carbocycles. The molecule has 0 radical (unpaired) electrons. The Morgan fingerprint density at radius 1 is 0.700 bits per heavy atom. The van der Waals surface area contributed by atoms with Crippen LogP contribution in [-0.4, -0.2) is 29.3 Å². The highest BCUT2D eigenvalue weighted by atomic mass is 19.4. The Hall–Kier alpha value is -1.80. The molecule has 30 heavy (non-hydrogen) atoms. The fourth-order valence-corrected chi connectivity index (χ4v) is 2.24. The first-order valence-electron chi connectivity index (χ1n) is 7.55. The molecule has 1 rings (SSSR count). The topological polar surface area (TPSA) is 20.2 Å². The molecule has 1 aromatic carbocycles. The zero-order chi connectivity index (χ0) is 24.1. The van der Waals surface area contributed by atoms with Gasteiger partial charge in [-0.1, -0.05) is 19.1 Å². The van der Waals surface area contributed by atoms with Crippen molar-refractivity contribution in [2.75, 3.05) is 0 Å². The molecule has 0 aromatic heterocycles. The number of benzene rings is 1. The summed E-state index contributed by atoms with van der Waals surface area (Å²) in [5.41, 5.74) is -6.81. The Morgan fingerprint density at radius 3 is 1.47 bits per heavy atom. The van der Waals surface area contributed by atoms with Crippen LogP contribution in [-0.2, 0) is 11.8 Å². The minimum atomic E-state index is -6.97. The minimum absolute atomic E-state index is 0.153.